The number of amides is 1. The first-order valence-corrected chi connectivity index (χ1v) is 8.30. The Kier molecular flexibility index (Phi) is 5.76. The third-order valence-corrected chi connectivity index (χ3v) is 3.72. The zero-order valence-corrected chi connectivity index (χ0v) is 14.5. The summed E-state index contributed by atoms with van der Waals surface area (Å²) in [5.74, 6) is 0.844. The molecule has 6 nitrogen and oxygen atoms in total. The lowest BCUT2D eigenvalue weighted by Crippen LogP contribution is -2.32. The maximum absolute atomic E-state index is 11.8. The van der Waals surface area contributed by atoms with Gasteiger partial charge in [0.25, 0.3) is 5.91 Å². The van der Waals surface area contributed by atoms with Crippen molar-refractivity contribution in [2.45, 2.75) is 0 Å². The molecule has 0 fully saturated rings. The van der Waals surface area contributed by atoms with Crippen molar-refractivity contribution in [3.63, 3.8) is 0 Å². The van der Waals surface area contributed by atoms with Crippen molar-refractivity contribution in [3.8, 4) is 11.5 Å². The first kappa shape index (κ1) is 17.8. The van der Waals surface area contributed by atoms with Gasteiger partial charge in [-0.1, -0.05) is 11.6 Å². The van der Waals surface area contributed by atoms with Gasteiger partial charge < -0.3 is 19.2 Å². The van der Waals surface area contributed by atoms with Crippen molar-refractivity contribution >= 4 is 28.5 Å². The predicted molar refractivity (Wildman–Crippen MR) is 97.9 cm³/mol. The Balaban J connectivity index is 1.42. The summed E-state index contributed by atoms with van der Waals surface area (Å²) in [6, 6.07) is 15.0. The molecule has 0 saturated heterocycles. The van der Waals surface area contributed by atoms with Gasteiger partial charge in [0.1, 0.15) is 23.7 Å². The van der Waals surface area contributed by atoms with Crippen LogP contribution in [0.4, 0.5) is 0 Å². The Bertz CT molecular complexity index is 952. The lowest BCUT2D eigenvalue weighted by atomic mass is 10.2. The maximum atomic E-state index is 11.8. The molecule has 0 radical (unpaired) electrons. The van der Waals surface area contributed by atoms with Gasteiger partial charge in [0.2, 0.25) is 0 Å². The molecule has 0 aliphatic carbocycles. The summed E-state index contributed by atoms with van der Waals surface area (Å²) in [6.07, 6.45) is 0. The van der Waals surface area contributed by atoms with Gasteiger partial charge in [-0.25, -0.2) is 4.79 Å². The van der Waals surface area contributed by atoms with E-state index in [1.165, 1.54) is 6.07 Å². The monoisotopic (exact) mass is 373 g/mol. The minimum absolute atomic E-state index is 0.149. The van der Waals surface area contributed by atoms with E-state index < -0.39 is 5.63 Å². The van der Waals surface area contributed by atoms with Crippen molar-refractivity contribution in [2.75, 3.05) is 19.8 Å². The molecule has 3 aromatic rings. The van der Waals surface area contributed by atoms with Gasteiger partial charge in [-0.05, 0) is 42.5 Å². The molecule has 134 valence electrons. The molecule has 0 aliphatic rings. The van der Waals surface area contributed by atoms with Crippen LogP contribution < -0.4 is 20.4 Å². The third kappa shape index (κ3) is 5.00. The molecule has 0 unspecified atom stereocenters. The minimum Gasteiger partial charge on any atom is -0.492 e. The number of carbonyl (C=O) groups is 1. The van der Waals surface area contributed by atoms with Crippen LogP contribution in [-0.2, 0) is 4.79 Å². The average Bonchev–Trinajstić information content (AvgIpc) is 2.64. The topological polar surface area (TPSA) is 77.8 Å². The van der Waals surface area contributed by atoms with Gasteiger partial charge in [-0.3, -0.25) is 4.79 Å². The van der Waals surface area contributed by atoms with Crippen LogP contribution in [0.25, 0.3) is 11.0 Å². The number of hydrogen-bond acceptors (Lipinski definition) is 5. The van der Waals surface area contributed by atoms with Gasteiger partial charge >= 0.3 is 5.63 Å². The molecule has 0 bridgehead atoms. The second-order valence-corrected chi connectivity index (χ2v) is 5.83. The highest BCUT2D eigenvalue weighted by Crippen LogP contribution is 2.19. The first-order valence-electron chi connectivity index (χ1n) is 7.92. The van der Waals surface area contributed by atoms with Crippen LogP contribution in [0.2, 0.25) is 5.02 Å². The van der Waals surface area contributed by atoms with Gasteiger partial charge in [0, 0.05) is 22.5 Å². The Hall–Kier alpha value is -2.99. The van der Waals surface area contributed by atoms with Crippen molar-refractivity contribution in [1.82, 2.24) is 5.32 Å². The Morgan fingerprint density at radius 1 is 1.00 bits per heavy atom. The Labute approximate surface area is 154 Å². The predicted octanol–water partition coefficient (Wildman–Crippen LogP) is 3.02. The molecule has 1 aromatic heterocycles. The number of carbonyl (C=O) groups excluding carboxylic acids is 1. The summed E-state index contributed by atoms with van der Waals surface area (Å²) in [7, 11) is 0. The van der Waals surface area contributed by atoms with E-state index in [2.05, 4.69) is 5.32 Å². The maximum Gasteiger partial charge on any atom is 0.336 e. The molecule has 2 aromatic carbocycles. The van der Waals surface area contributed by atoms with E-state index in [0.29, 0.717) is 35.3 Å². The number of nitrogens with one attached hydrogen (secondary N) is 1. The van der Waals surface area contributed by atoms with E-state index in [0.717, 1.165) is 5.39 Å². The lowest BCUT2D eigenvalue weighted by Gasteiger charge is -2.09. The largest absolute Gasteiger partial charge is 0.492 e. The Morgan fingerprint density at radius 3 is 2.54 bits per heavy atom. The standard InChI is InChI=1S/C19H16ClNO5/c20-14-3-6-15(7-4-14)24-10-9-21-18(22)12-25-16-5-1-13-2-8-19(23)26-17(13)11-16/h1-8,11H,9-10,12H2,(H,21,22). The van der Waals surface area contributed by atoms with Crippen LogP contribution in [0.1, 0.15) is 0 Å². The van der Waals surface area contributed by atoms with E-state index in [4.69, 9.17) is 25.5 Å². The van der Waals surface area contributed by atoms with E-state index in [1.807, 2.05) is 0 Å². The van der Waals surface area contributed by atoms with Crippen molar-refractivity contribution in [2.24, 2.45) is 0 Å². The highest BCUT2D eigenvalue weighted by Gasteiger charge is 2.05. The van der Waals surface area contributed by atoms with Crippen LogP contribution in [0.15, 0.2) is 63.8 Å². The molecule has 1 N–H and O–H groups in total. The summed E-state index contributed by atoms with van der Waals surface area (Å²) >= 11 is 5.79. The fourth-order valence-electron chi connectivity index (χ4n) is 2.22. The summed E-state index contributed by atoms with van der Waals surface area (Å²) < 4.78 is 16.0. The molecular formula is C19H16ClNO5. The molecule has 0 aliphatic heterocycles. The molecule has 1 amide bonds. The van der Waals surface area contributed by atoms with Gasteiger partial charge in [0.15, 0.2) is 6.61 Å². The highest BCUT2D eigenvalue weighted by molar-refractivity contribution is 6.30. The summed E-state index contributed by atoms with van der Waals surface area (Å²) in [5.41, 5.74) is -0.0279. The average molecular weight is 374 g/mol. The zero-order valence-electron chi connectivity index (χ0n) is 13.7. The van der Waals surface area contributed by atoms with Crippen molar-refractivity contribution < 1.29 is 18.7 Å². The summed E-state index contributed by atoms with van der Waals surface area (Å²) in [6.45, 7) is 0.523. The van der Waals surface area contributed by atoms with Crippen molar-refractivity contribution in [1.29, 1.82) is 0 Å². The van der Waals surface area contributed by atoms with Crippen LogP contribution in [0.3, 0.4) is 0 Å². The normalized spacial score (nSPS) is 10.5. The van der Waals surface area contributed by atoms with Crippen LogP contribution >= 0.6 is 11.6 Å². The van der Waals surface area contributed by atoms with E-state index >= 15 is 0 Å². The molecule has 26 heavy (non-hydrogen) atoms. The number of ether oxygens (including phenoxy) is 2. The van der Waals surface area contributed by atoms with E-state index in [-0.39, 0.29) is 12.5 Å². The van der Waals surface area contributed by atoms with Crippen LogP contribution in [-0.4, -0.2) is 25.7 Å². The second-order valence-electron chi connectivity index (χ2n) is 5.40. The SMILES string of the molecule is O=C(COc1ccc2ccc(=O)oc2c1)NCCOc1ccc(Cl)cc1. The van der Waals surface area contributed by atoms with Crippen LogP contribution in [0.5, 0.6) is 11.5 Å². The quantitative estimate of drug-likeness (QED) is 0.509. The Morgan fingerprint density at radius 2 is 1.73 bits per heavy atom. The molecular weight excluding hydrogens is 358 g/mol. The lowest BCUT2D eigenvalue weighted by molar-refractivity contribution is -0.123. The number of rotatable bonds is 7. The number of hydrogen-bond donors (Lipinski definition) is 1. The molecule has 1 heterocycles. The van der Waals surface area contributed by atoms with E-state index in [9.17, 15) is 9.59 Å². The van der Waals surface area contributed by atoms with E-state index in [1.54, 1.807) is 48.5 Å². The third-order valence-electron chi connectivity index (χ3n) is 3.47. The van der Waals surface area contributed by atoms with Gasteiger partial charge in [0.05, 0.1) is 6.54 Å². The molecule has 7 heteroatoms. The molecule has 0 spiro atoms. The first-order chi connectivity index (χ1) is 12.6. The number of halogens is 1. The van der Waals surface area contributed by atoms with Gasteiger partial charge in [-0.2, -0.15) is 0 Å². The highest BCUT2D eigenvalue weighted by atomic mass is 35.5. The van der Waals surface area contributed by atoms with Crippen LogP contribution in [0, 0.1) is 0 Å². The molecule has 0 saturated carbocycles. The number of fused-ring (bicyclic) bond motifs is 1. The fourth-order valence-corrected chi connectivity index (χ4v) is 2.35. The summed E-state index contributed by atoms with van der Waals surface area (Å²) in [4.78, 5) is 23.0. The minimum atomic E-state index is -0.437. The van der Waals surface area contributed by atoms with Gasteiger partial charge in [-0.15, -0.1) is 0 Å². The fraction of sp³-hybridized carbons (Fsp3) is 0.158. The summed E-state index contributed by atoms with van der Waals surface area (Å²) in [5, 5.41) is 4.11. The second kappa shape index (κ2) is 8.40. The van der Waals surface area contributed by atoms with Crippen molar-refractivity contribution in [3.05, 3.63) is 70.0 Å². The zero-order chi connectivity index (χ0) is 18.4. The number of benzene rings is 2. The molecule has 3 rings (SSSR count). The molecule has 0 atom stereocenters. The smallest absolute Gasteiger partial charge is 0.336 e.